The number of anilines is 1. The molecule has 0 aliphatic heterocycles. The molecule has 32 heavy (non-hydrogen) atoms. The van der Waals surface area contributed by atoms with E-state index in [9.17, 15) is 0 Å². The predicted molar refractivity (Wildman–Crippen MR) is 130 cm³/mol. The minimum Gasteiger partial charge on any atom is -0.383 e. The van der Waals surface area contributed by atoms with E-state index < -0.39 is 0 Å². The number of hydrogen-bond acceptors (Lipinski definition) is 5. The number of aromatic nitrogens is 4. The van der Waals surface area contributed by atoms with E-state index in [0.29, 0.717) is 5.82 Å². The average molecular weight is 421 g/mol. The zero-order valence-corrected chi connectivity index (χ0v) is 17.9. The summed E-state index contributed by atoms with van der Waals surface area (Å²) in [5.41, 5.74) is 12.8. The maximum absolute atomic E-state index is 6.23. The minimum atomic E-state index is 0.443. The zero-order valence-electron chi connectivity index (χ0n) is 17.9. The Hall–Kier alpha value is -4.03. The first kappa shape index (κ1) is 19.9. The predicted octanol–water partition coefficient (Wildman–Crippen LogP) is 4.49. The van der Waals surface area contributed by atoms with Crippen LogP contribution in [0.4, 0.5) is 5.82 Å². The Morgan fingerprint density at radius 1 is 0.875 bits per heavy atom. The molecule has 3 N–H and O–H groups in total. The lowest BCUT2D eigenvalue weighted by molar-refractivity contribution is 0.791. The van der Waals surface area contributed by atoms with Crippen LogP contribution in [0.3, 0.4) is 0 Å². The van der Waals surface area contributed by atoms with Gasteiger partial charge in [-0.15, -0.1) is 0 Å². The molecule has 0 amide bonds. The molecule has 0 bridgehead atoms. The molecular weight excluding hydrogens is 396 g/mol. The van der Waals surface area contributed by atoms with Crippen LogP contribution in [-0.4, -0.2) is 33.1 Å². The molecule has 0 aliphatic carbocycles. The third-order valence-corrected chi connectivity index (χ3v) is 5.51. The average Bonchev–Trinajstić information content (AvgIpc) is 3.22. The molecule has 0 saturated carbocycles. The number of benzene rings is 2. The second kappa shape index (κ2) is 8.61. The van der Waals surface area contributed by atoms with Crippen LogP contribution in [0.25, 0.3) is 39.5 Å². The Morgan fingerprint density at radius 3 is 2.44 bits per heavy atom. The van der Waals surface area contributed by atoms with Crippen molar-refractivity contribution >= 4 is 17.0 Å². The number of pyridine rings is 2. The van der Waals surface area contributed by atoms with Crippen molar-refractivity contribution in [3.05, 3.63) is 90.6 Å². The molecular formula is C26H24N6. The summed E-state index contributed by atoms with van der Waals surface area (Å²) in [6.45, 7) is 0.937. The fourth-order valence-electron chi connectivity index (χ4n) is 3.84. The van der Waals surface area contributed by atoms with Crippen molar-refractivity contribution in [2.75, 3.05) is 19.3 Å². The van der Waals surface area contributed by atoms with Crippen LogP contribution in [-0.2, 0) is 6.42 Å². The van der Waals surface area contributed by atoms with E-state index in [1.54, 1.807) is 6.20 Å². The van der Waals surface area contributed by atoms with Crippen LogP contribution in [0.15, 0.2) is 85.1 Å². The highest BCUT2D eigenvalue weighted by Crippen LogP contribution is 2.31. The summed E-state index contributed by atoms with van der Waals surface area (Å²) in [5, 5.41) is 3.20. The smallest absolute Gasteiger partial charge is 0.165 e. The van der Waals surface area contributed by atoms with Crippen LogP contribution < -0.4 is 11.1 Å². The van der Waals surface area contributed by atoms with Crippen LogP contribution in [0.5, 0.6) is 0 Å². The first-order valence-electron chi connectivity index (χ1n) is 10.6. The number of imidazole rings is 1. The van der Waals surface area contributed by atoms with Gasteiger partial charge in [0.15, 0.2) is 11.5 Å². The monoisotopic (exact) mass is 420 g/mol. The number of rotatable bonds is 6. The summed E-state index contributed by atoms with van der Waals surface area (Å²) in [6.07, 6.45) is 2.66. The molecule has 0 aliphatic rings. The Bertz CT molecular complexity index is 1360. The van der Waals surface area contributed by atoms with Gasteiger partial charge < -0.3 is 11.1 Å². The Kier molecular flexibility index (Phi) is 5.35. The normalized spacial score (nSPS) is 11.2. The van der Waals surface area contributed by atoms with Crippen molar-refractivity contribution in [3.8, 4) is 28.3 Å². The third-order valence-electron chi connectivity index (χ3n) is 5.51. The molecule has 0 atom stereocenters. The quantitative estimate of drug-likeness (QED) is 0.423. The van der Waals surface area contributed by atoms with Crippen LogP contribution in [0.2, 0.25) is 0 Å². The highest BCUT2D eigenvalue weighted by molar-refractivity contribution is 5.84. The zero-order chi connectivity index (χ0) is 21.9. The summed E-state index contributed by atoms with van der Waals surface area (Å²) in [6, 6.07) is 26.5. The third kappa shape index (κ3) is 3.72. The second-order valence-electron chi connectivity index (χ2n) is 7.63. The fraction of sp³-hybridized carbons (Fsp3) is 0.115. The number of nitrogens with one attached hydrogen (secondary N) is 1. The first-order valence-corrected chi connectivity index (χ1v) is 10.6. The molecule has 158 valence electrons. The molecule has 6 nitrogen and oxygen atoms in total. The number of likely N-dealkylation sites (N-methyl/N-ethyl adjacent to an activating group) is 1. The summed E-state index contributed by atoms with van der Waals surface area (Å²) < 4.78 is 2.07. The first-order chi connectivity index (χ1) is 15.7. The van der Waals surface area contributed by atoms with Gasteiger partial charge in [0.05, 0.1) is 11.3 Å². The van der Waals surface area contributed by atoms with E-state index in [1.807, 2.05) is 49.5 Å². The molecule has 5 rings (SSSR count). The van der Waals surface area contributed by atoms with Crippen molar-refractivity contribution in [1.82, 2.24) is 24.8 Å². The molecule has 3 aromatic heterocycles. The number of nitrogen functional groups attached to an aromatic ring is 1. The molecule has 0 unspecified atom stereocenters. The van der Waals surface area contributed by atoms with Crippen molar-refractivity contribution < 1.29 is 0 Å². The van der Waals surface area contributed by atoms with Gasteiger partial charge in [-0.05, 0) is 62.0 Å². The van der Waals surface area contributed by atoms with E-state index in [1.165, 1.54) is 5.56 Å². The maximum Gasteiger partial charge on any atom is 0.165 e. The molecule has 0 saturated heterocycles. The molecule has 0 radical (unpaired) electrons. The molecule has 3 heterocycles. The second-order valence-corrected chi connectivity index (χ2v) is 7.63. The topological polar surface area (TPSA) is 81.7 Å². The van der Waals surface area contributed by atoms with Crippen molar-refractivity contribution in [2.45, 2.75) is 6.42 Å². The van der Waals surface area contributed by atoms with Gasteiger partial charge in [-0.3, -0.25) is 4.57 Å². The van der Waals surface area contributed by atoms with Gasteiger partial charge in [-0.1, -0.05) is 42.5 Å². The maximum atomic E-state index is 6.23. The lowest BCUT2D eigenvalue weighted by atomic mass is 10.1. The standard InChI is InChI=1S/C26H24N6/c1-28-17-15-18-9-11-20(12-10-18)32-25(21-8-5-16-29-24(21)27)31-23-14-13-22(30-26(23)32)19-6-3-2-4-7-19/h2-14,16,28H,15,17H2,1H3,(H2,27,29). The molecule has 0 spiro atoms. The van der Waals surface area contributed by atoms with Gasteiger partial charge in [-0.25, -0.2) is 15.0 Å². The number of hydrogen-bond donors (Lipinski definition) is 2. The van der Waals surface area contributed by atoms with Gasteiger partial charge in [0, 0.05) is 17.4 Å². The summed E-state index contributed by atoms with van der Waals surface area (Å²) >= 11 is 0. The van der Waals surface area contributed by atoms with Gasteiger partial charge >= 0.3 is 0 Å². The molecule has 6 heteroatoms. The van der Waals surface area contributed by atoms with Crippen LogP contribution in [0.1, 0.15) is 5.56 Å². The lowest BCUT2D eigenvalue weighted by Crippen LogP contribution is -2.10. The molecule has 5 aromatic rings. The highest BCUT2D eigenvalue weighted by Gasteiger charge is 2.18. The van der Waals surface area contributed by atoms with E-state index in [2.05, 4.69) is 51.3 Å². The Labute approximate surface area is 186 Å². The van der Waals surface area contributed by atoms with Gasteiger partial charge in [-0.2, -0.15) is 0 Å². The van der Waals surface area contributed by atoms with Gasteiger partial charge in [0.1, 0.15) is 11.3 Å². The number of fused-ring (bicyclic) bond motifs is 1. The van der Waals surface area contributed by atoms with Crippen LogP contribution >= 0.6 is 0 Å². The molecule has 0 fully saturated rings. The van der Waals surface area contributed by atoms with Crippen molar-refractivity contribution in [2.24, 2.45) is 0 Å². The minimum absolute atomic E-state index is 0.443. The Morgan fingerprint density at radius 2 is 1.69 bits per heavy atom. The van der Waals surface area contributed by atoms with Crippen LogP contribution in [0, 0.1) is 0 Å². The number of nitrogens with two attached hydrogens (primary N) is 1. The highest BCUT2D eigenvalue weighted by atomic mass is 15.1. The summed E-state index contributed by atoms with van der Waals surface area (Å²) in [4.78, 5) is 14.2. The van der Waals surface area contributed by atoms with Crippen molar-refractivity contribution in [3.63, 3.8) is 0 Å². The van der Waals surface area contributed by atoms with E-state index in [0.717, 1.165) is 52.5 Å². The van der Waals surface area contributed by atoms with Crippen molar-refractivity contribution in [1.29, 1.82) is 0 Å². The summed E-state index contributed by atoms with van der Waals surface area (Å²) in [5.74, 6) is 1.17. The molecule has 2 aromatic carbocycles. The SMILES string of the molecule is CNCCc1ccc(-n2c(-c3cccnc3N)nc3ccc(-c4ccccc4)nc32)cc1. The largest absolute Gasteiger partial charge is 0.383 e. The van der Waals surface area contributed by atoms with E-state index in [4.69, 9.17) is 15.7 Å². The Balaban J connectivity index is 1.71. The van der Waals surface area contributed by atoms with Gasteiger partial charge in [0.2, 0.25) is 0 Å². The van der Waals surface area contributed by atoms with Gasteiger partial charge in [0.25, 0.3) is 0 Å². The van der Waals surface area contributed by atoms with E-state index in [-0.39, 0.29) is 0 Å². The lowest BCUT2D eigenvalue weighted by Gasteiger charge is -2.11. The van der Waals surface area contributed by atoms with E-state index >= 15 is 0 Å². The summed E-state index contributed by atoms with van der Waals surface area (Å²) in [7, 11) is 1.96. The fourth-order valence-corrected chi connectivity index (χ4v) is 3.84. The number of nitrogens with zero attached hydrogens (tertiary/aromatic N) is 4.